The fourth-order valence-electron chi connectivity index (χ4n) is 2.69. The average molecular weight is 345 g/mol. The third-order valence-electron chi connectivity index (χ3n) is 4.21. The number of carboxylic acids is 1. The molecule has 0 saturated heterocycles. The van der Waals surface area contributed by atoms with Crippen molar-refractivity contribution in [2.24, 2.45) is 11.8 Å². The second-order valence-corrected chi connectivity index (χ2v) is 6.05. The number of benzene rings is 1. The minimum atomic E-state index is -0.963. The van der Waals surface area contributed by atoms with Gasteiger partial charge in [0.15, 0.2) is 0 Å². The van der Waals surface area contributed by atoms with Gasteiger partial charge in [-0.25, -0.2) is 4.79 Å². The van der Waals surface area contributed by atoms with E-state index in [0.717, 1.165) is 12.8 Å². The van der Waals surface area contributed by atoms with Crippen molar-refractivity contribution in [2.75, 3.05) is 11.9 Å². The lowest BCUT2D eigenvalue weighted by Gasteiger charge is -2.24. The Morgan fingerprint density at radius 1 is 1.12 bits per heavy atom. The first-order valence-electron chi connectivity index (χ1n) is 8.48. The number of carboxylic acid groups (broad SMARTS) is 1. The molecule has 0 spiro atoms. The van der Waals surface area contributed by atoms with E-state index >= 15 is 0 Å². The summed E-state index contributed by atoms with van der Waals surface area (Å²) in [5.41, 5.74) is 0.937. The molecule has 0 heterocycles. The van der Waals surface area contributed by atoms with Crippen LogP contribution in [0, 0.1) is 11.8 Å². The second-order valence-electron chi connectivity index (χ2n) is 6.05. The number of hydrogen-bond acceptors (Lipinski definition) is 4. The molecule has 2 N–H and O–H groups in total. The summed E-state index contributed by atoms with van der Waals surface area (Å²) in [5.74, 6) is -2.99. The number of amides is 1. The molecule has 0 bridgehead atoms. The van der Waals surface area contributed by atoms with E-state index in [4.69, 9.17) is 4.74 Å². The smallest absolute Gasteiger partial charge is 0.338 e. The maximum atomic E-state index is 12.4. The van der Waals surface area contributed by atoms with Crippen LogP contribution in [0.2, 0.25) is 0 Å². The van der Waals surface area contributed by atoms with Crippen LogP contribution < -0.4 is 5.32 Å². The predicted octanol–water partition coefficient (Wildman–Crippen LogP) is 3.25. The monoisotopic (exact) mass is 345 g/mol. The normalized spacial score (nSPS) is 19.2. The number of unbranched alkanes of at least 4 members (excludes halogenated alkanes) is 1. The minimum Gasteiger partial charge on any atom is -0.481 e. The van der Waals surface area contributed by atoms with Crippen molar-refractivity contribution < 1.29 is 24.2 Å². The number of esters is 1. The Kier molecular flexibility index (Phi) is 6.74. The molecule has 1 aliphatic rings. The number of carbonyl (C=O) groups excluding carboxylic acids is 2. The van der Waals surface area contributed by atoms with Crippen LogP contribution in [-0.4, -0.2) is 29.6 Å². The maximum absolute atomic E-state index is 12.4. The molecular weight excluding hydrogens is 322 g/mol. The molecule has 0 radical (unpaired) electrons. The van der Waals surface area contributed by atoms with Gasteiger partial charge in [0.25, 0.3) is 0 Å². The van der Waals surface area contributed by atoms with Gasteiger partial charge in [-0.2, -0.15) is 0 Å². The van der Waals surface area contributed by atoms with Crippen molar-refractivity contribution in [1.82, 2.24) is 0 Å². The Morgan fingerprint density at radius 3 is 2.36 bits per heavy atom. The highest BCUT2D eigenvalue weighted by molar-refractivity contribution is 5.96. The van der Waals surface area contributed by atoms with E-state index in [1.54, 1.807) is 30.3 Å². The predicted molar refractivity (Wildman–Crippen MR) is 93.3 cm³/mol. The van der Waals surface area contributed by atoms with Gasteiger partial charge in [-0.15, -0.1) is 0 Å². The number of carbonyl (C=O) groups is 3. The zero-order chi connectivity index (χ0) is 18.2. The molecule has 0 unspecified atom stereocenters. The topological polar surface area (TPSA) is 92.7 Å². The standard InChI is InChI=1S/C19H23NO5/c1-2-3-12-25-19(24)13-8-10-14(11-9-13)20-17(21)15-6-4-5-7-16(15)18(22)23/h4-5,8-11,15-16H,2-3,6-7,12H2,1H3,(H,20,21)(H,22,23)/t15-,16-/m0/s1. The van der Waals surface area contributed by atoms with E-state index < -0.39 is 23.8 Å². The van der Waals surface area contributed by atoms with E-state index in [1.165, 1.54) is 0 Å². The number of ether oxygens (including phenoxy) is 1. The highest BCUT2D eigenvalue weighted by atomic mass is 16.5. The van der Waals surface area contributed by atoms with Crippen LogP contribution in [0.1, 0.15) is 43.0 Å². The van der Waals surface area contributed by atoms with E-state index in [-0.39, 0.29) is 5.91 Å². The van der Waals surface area contributed by atoms with Gasteiger partial charge in [0.05, 0.1) is 24.0 Å². The van der Waals surface area contributed by atoms with Gasteiger partial charge in [-0.05, 0) is 43.5 Å². The Balaban J connectivity index is 1.96. The van der Waals surface area contributed by atoms with Crippen LogP contribution in [0.15, 0.2) is 36.4 Å². The highest BCUT2D eigenvalue weighted by Crippen LogP contribution is 2.27. The molecule has 1 amide bonds. The SMILES string of the molecule is CCCCOC(=O)c1ccc(NC(=O)[C@H]2CC=CC[C@@H]2C(=O)O)cc1. The molecule has 2 rings (SSSR count). The summed E-state index contributed by atoms with van der Waals surface area (Å²) in [4.78, 5) is 35.5. The molecule has 134 valence electrons. The molecule has 6 nitrogen and oxygen atoms in total. The number of hydrogen-bond donors (Lipinski definition) is 2. The molecular formula is C19H23NO5. The molecule has 0 aliphatic heterocycles. The quantitative estimate of drug-likeness (QED) is 0.449. The lowest BCUT2D eigenvalue weighted by Crippen LogP contribution is -2.34. The Hall–Kier alpha value is -2.63. The first-order valence-corrected chi connectivity index (χ1v) is 8.48. The van der Waals surface area contributed by atoms with Crippen LogP contribution in [-0.2, 0) is 14.3 Å². The molecule has 1 aromatic carbocycles. The maximum Gasteiger partial charge on any atom is 0.338 e. The number of nitrogens with one attached hydrogen (secondary N) is 1. The fraction of sp³-hybridized carbons (Fsp3) is 0.421. The number of anilines is 1. The molecule has 0 fully saturated rings. The van der Waals surface area contributed by atoms with Crippen LogP contribution >= 0.6 is 0 Å². The largest absolute Gasteiger partial charge is 0.481 e. The summed E-state index contributed by atoms with van der Waals surface area (Å²) in [5, 5.41) is 12.0. The van der Waals surface area contributed by atoms with Crippen molar-refractivity contribution in [1.29, 1.82) is 0 Å². The van der Waals surface area contributed by atoms with Gasteiger partial charge < -0.3 is 15.2 Å². The summed E-state index contributed by atoms with van der Waals surface area (Å²) in [6, 6.07) is 6.39. The molecule has 1 aliphatic carbocycles. The number of allylic oxidation sites excluding steroid dienone is 2. The Bertz CT molecular complexity index is 650. The summed E-state index contributed by atoms with van der Waals surface area (Å²) in [6.45, 7) is 2.40. The molecule has 0 saturated carbocycles. The van der Waals surface area contributed by atoms with Crippen LogP contribution in [0.3, 0.4) is 0 Å². The third-order valence-corrected chi connectivity index (χ3v) is 4.21. The number of rotatable bonds is 7. The van der Waals surface area contributed by atoms with Crippen molar-refractivity contribution in [3.8, 4) is 0 Å². The summed E-state index contributed by atoms with van der Waals surface area (Å²) in [6.07, 6.45) is 6.16. The van der Waals surface area contributed by atoms with Gasteiger partial charge in [-0.1, -0.05) is 25.5 Å². The minimum absolute atomic E-state index is 0.324. The van der Waals surface area contributed by atoms with Crippen LogP contribution in [0.5, 0.6) is 0 Å². The molecule has 2 atom stereocenters. The summed E-state index contributed by atoms with van der Waals surface area (Å²) < 4.78 is 5.13. The lowest BCUT2D eigenvalue weighted by molar-refractivity contribution is -0.146. The van der Waals surface area contributed by atoms with Crippen molar-refractivity contribution in [2.45, 2.75) is 32.6 Å². The van der Waals surface area contributed by atoms with Crippen molar-refractivity contribution >= 4 is 23.5 Å². The summed E-state index contributed by atoms with van der Waals surface area (Å²) >= 11 is 0. The van der Waals surface area contributed by atoms with Crippen molar-refractivity contribution in [3.63, 3.8) is 0 Å². The van der Waals surface area contributed by atoms with Crippen LogP contribution in [0.25, 0.3) is 0 Å². The Morgan fingerprint density at radius 2 is 1.76 bits per heavy atom. The molecule has 0 aromatic heterocycles. The zero-order valence-electron chi connectivity index (χ0n) is 14.2. The lowest BCUT2D eigenvalue weighted by atomic mass is 9.82. The first kappa shape index (κ1) is 18.7. The average Bonchev–Trinajstić information content (AvgIpc) is 2.62. The van der Waals surface area contributed by atoms with E-state index in [9.17, 15) is 19.5 Å². The third kappa shape index (κ3) is 5.17. The molecule has 1 aromatic rings. The zero-order valence-corrected chi connectivity index (χ0v) is 14.2. The van der Waals surface area contributed by atoms with Gasteiger partial charge in [0, 0.05) is 5.69 Å². The van der Waals surface area contributed by atoms with E-state index in [0.29, 0.717) is 30.7 Å². The van der Waals surface area contributed by atoms with E-state index in [1.807, 2.05) is 13.0 Å². The highest BCUT2D eigenvalue weighted by Gasteiger charge is 2.33. The van der Waals surface area contributed by atoms with Crippen LogP contribution in [0.4, 0.5) is 5.69 Å². The van der Waals surface area contributed by atoms with Crippen molar-refractivity contribution in [3.05, 3.63) is 42.0 Å². The number of aliphatic carboxylic acids is 1. The fourth-order valence-corrected chi connectivity index (χ4v) is 2.69. The molecule has 25 heavy (non-hydrogen) atoms. The summed E-state index contributed by atoms with van der Waals surface area (Å²) in [7, 11) is 0. The van der Waals surface area contributed by atoms with E-state index in [2.05, 4.69) is 5.32 Å². The van der Waals surface area contributed by atoms with Gasteiger partial charge >= 0.3 is 11.9 Å². The van der Waals surface area contributed by atoms with Gasteiger partial charge in [0.2, 0.25) is 5.91 Å². The van der Waals surface area contributed by atoms with Gasteiger partial charge in [-0.3, -0.25) is 9.59 Å². The van der Waals surface area contributed by atoms with Gasteiger partial charge in [0.1, 0.15) is 0 Å². The molecule has 6 heteroatoms. The Labute approximate surface area is 146 Å². The second kappa shape index (κ2) is 9.01. The first-order chi connectivity index (χ1) is 12.0.